The Morgan fingerprint density at radius 1 is 0.931 bits per heavy atom. The molecule has 146 valence electrons. The van der Waals surface area contributed by atoms with E-state index in [1.807, 2.05) is 49.7 Å². The molecule has 0 unspecified atom stereocenters. The Morgan fingerprint density at radius 3 is 2.34 bits per heavy atom. The number of aromatic nitrogens is 3. The maximum Gasteiger partial charge on any atom is 0.188 e. The molecule has 0 aliphatic carbocycles. The molecule has 3 heterocycles. The first kappa shape index (κ1) is 20.1. The molecule has 0 atom stereocenters. The van der Waals surface area contributed by atoms with Crippen molar-refractivity contribution in [2.24, 2.45) is 0 Å². The van der Waals surface area contributed by atoms with E-state index in [2.05, 4.69) is 57.6 Å². The molecular formula is C23H21N3S3. The number of aryl methyl sites for hydroxylation is 2. The molecule has 0 radical (unpaired) electrons. The standard InChI is InChI=1S/C23H21N3S3/c1-15-11-16(2)26-23(25-15)28-14-19-12-21(18-5-4-10-24-13-18)29-22(19)17-6-8-20(27-3)9-7-17/h4-13H,14H2,1-3H3. The normalized spacial score (nSPS) is 11.0. The van der Waals surface area contributed by atoms with Crippen LogP contribution in [0.25, 0.3) is 20.9 Å². The summed E-state index contributed by atoms with van der Waals surface area (Å²) in [5.41, 5.74) is 5.72. The topological polar surface area (TPSA) is 38.7 Å². The molecule has 0 bridgehead atoms. The maximum absolute atomic E-state index is 4.58. The van der Waals surface area contributed by atoms with Gasteiger partial charge in [-0.3, -0.25) is 4.98 Å². The summed E-state index contributed by atoms with van der Waals surface area (Å²) in [5, 5.41) is 0.834. The second-order valence-electron chi connectivity index (χ2n) is 6.66. The summed E-state index contributed by atoms with van der Waals surface area (Å²) >= 11 is 5.27. The van der Waals surface area contributed by atoms with Crippen LogP contribution in [0.3, 0.4) is 0 Å². The zero-order valence-corrected chi connectivity index (χ0v) is 19.0. The van der Waals surface area contributed by atoms with Gasteiger partial charge in [0.15, 0.2) is 5.16 Å². The van der Waals surface area contributed by atoms with Crippen LogP contribution in [0.2, 0.25) is 0 Å². The number of pyridine rings is 1. The van der Waals surface area contributed by atoms with Gasteiger partial charge in [0.1, 0.15) is 0 Å². The molecule has 0 aliphatic rings. The number of hydrogen-bond acceptors (Lipinski definition) is 6. The van der Waals surface area contributed by atoms with Crippen molar-refractivity contribution in [3.63, 3.8) is 0 Å². The molecule has 3 nitrogen and oxygen atoms in total. The second-order valence-corrected chi connectivity index (χ2v) is 9.53. The molecule has 3 aromatic heterocycles. The smallest absolute Gasteiger partial charge is 0.188 e. The van der Waals surface area contributed by atoms with Gasteiger partial charge in [0.05, 0.1) is 0 Å². The average Bonchev–Trinajstić information content (AvgIpc) is 3.17. The van der Waals surface area contributed by atoms with E-state index < -0.39 is 0 Å². The van der Waals surface area contributed by atoms with Crippen LogP contribution in [0.4, 0.5) is 0 Å². The van der Waals surface area contributed by atoms with Crippen LogP contribution in [0.5, 0.6) is 0 Å². The summed E-state index contributed by atoms with van der Waals surface area (Å²) in [4.78, 5) is 17.3. The van der Waals surface area contributed by atoms with Crippen molar-refractivity contribution in [3.05, 3.63) is 77.9 Å². The third kappa shape index (κ3) is 4.89. The van der Waals surface area contributed by atoms with Gasteiger partial charge in [-0.2, -0.15) is 0 Å². The second kappa shape index (κ2) is 9.11. The van der Waals surface area contributed by atoms with Crippen molar-refractivity contribution in [2.45, 2.75) is 29.7 Å². The predicted molar refractivity (Wildman–Crippen MR) is 126 cm³/mol. The van der Waals surface area contributed by atoms with Crippen molar-refractivity contribution < 1.29 is 0 Å². The lowest BCUT2D eigenvalue weighted by Gasteiger charge is -2.06. The van der Waals surface area contributed by atoms with Gasteiger partial charge in [-0.1, -0.05) is 30.0 Å². The fraction of sp³-hybridized carbons (Fsp3) is 0.174. The Labute approximate surface area is 184 Å². The number of benzene rings is 1. The van der Waals surface area contributed by atoms with Gasteiger partial charge in [-0.05, 0) is 61.6 Å². The van der Waals surface area contributed by atoms with E-state index in [1.165, 1.54) is 25.8 Å². The fourth-order valence-corrected chi connectivity index (χ4v) is 5.68. The maximum atomic E-state index is 4.58. The molecule has 0 aliphatic heterocycles. The van der Waals surface area contributed by atoms with Crippen molar-refractivity contribution in [2.75, 3.05) is 6.26 Å². The minimum absolute atomic E-state index is 0.833. The van der Waals surface area contributed by atoms with E-state index >= 15 is 0 Å². The Kier molecular flexibility index (Phi) is 6.33. The molecule has 0 fully saturated rings. The number of nitrogens with zero attached hydrogens (tertiary/aromatic N) is 3. The van der Waals surface area contributed by atoms with Gasteiger partial charge in [0.2, 0.25) is 0 Å². The average molecular weight is 436 g/mol. The van der Waals surface area contributed by atoms with Gasteiger partial charge in [0.25, 0.3) is 0 Å². The first-order valence-electron chi connectivity index (χ1n) is 9.25. The highest BCUT2D eigenvalue weighted by Crippen LogP contribution is 2.40. The van der Waals surface area contributed by atoms with E-state index in [4.69, 9.17) is 0 Å². The lowest BCUT2D eigenvalue weighted by molar-refractivity contribution is 0.902. The summed E-state index contributed by atoms with van der Waals surface area (Å²) in [6, 6.07) is 17.2. The van der Waals surface area contributed by atoms with Crippen LogP contribution in [-0.4, -0.2) is 21.2 Å². The molecule has 4 aromatic rings. The van der Waals surface area contributed by atoms with Crippen LogP contribution >= 0.6 is 34.9 Å². The largest absolute Gasteiger partial charge is 0.264 e. The molecule has 0 saturated heterocycles. The zero-order valence-electron chi connectivity index (χ0n) is 16.5. The minimum Gasteiger partial charge on any atom is -0.264 e. The van der Waals surface area contributed by atoms with Crippen LogP contribution in [0.15, 0.2) is 71.0 Å². The zero-order chi connectivity index (χ0) is 20.2. The Morgan fingerprint density at radius 2 is 1.69 bits per heavy atom. The Balaban J connectivity index is 1.69. The summed E-state index contributed by atoms with van der Waals surface area (Å²) in [6.45, 7) is 4.03. The number of rotatable bonds is 6. The molecular weight excluding hydrogens is 414 g/mol. The molecule has 29 heavy (non-hydrogen) atoms. The quantitative estimate of drug-likeness (QED) is 0.243. The van der Waals surface area contributed by atoms with Crippen molar-refractivity contribution >= 4 is 34.9 Å². The van der Waals surface area contributed by atoms with Gasteiger partial charge >= 0.3 is 0 Å². The van der Waals surface area contributed by atoms with Crippen molar-refractivity contribution in [3.8, 4) is 20.9 Å². The van der Waals surface area contributed by atoms with Gasteiger partial charge < -0.3 is 0 Å². The highest BCUT2D eigenvalue weighted by molar-refractivity contribution is 7.98. The van der Waals surface area contributed by atoms with E-state index in [1.54, 1.807) is 23.5 Å². The predicted octanol–water partition coefficient (Wildman–Crippen LogP) is 6.90. The van der Waals surface area contributed by atoms with Gasteiger partial charge in [0, 0.05) is 49.7 Å². The van der Waals surface area contributed by atoms with Crippen molar-refractivity contribution in [1.82, 2.24) is 15.0 Å². The summed E-state index contributed by atoms with van der Waals surface area (Å²) in [7, 11) is 0. The Hall–Kier alpha value is -2.15. The lowest BCUT2D eigenvalue weighted by atomic mass is 10.1. The van der Waals surface area contributed by atoms with E-state index in [0.29, 0.717) is 0 Å². The van der Waals surface area contributed by atoms with Crippen LogP contribution in [0.1, 0.15) is 17.0 Å². The number of thioether (sulfide) groups is 2. The molecule has 1 aromatic carbocycles. The monoisotopic (exact) mass is 435 g/mol. The molecule has 4 rings (SSSR count). The number of hydrogen-bond donors (Lipinski definition) is 0. The van der Waals surface area contributed by atoms with Crippen LogP contribution in [0, 0.1) is 13.8 Å². The van der Waals surface area contributed by atoms with Gasteiger partial charge in [-0.15, -0.1) is 23.1 Å². The molecule has 0 spiro atoms. The summed E-state index contributed by atoms with van der Waals surface area (Å²) < 4.78 is 0. The van der Waals surface area contributed by atoms with Gasteiger partial charge in [-0.25, -0.2) is 9.97 Å². The van der Waals surface area contributed by atoms with E-state index in [-0.39, 0.29) is 0 Å². The minimum atomic E-state index is 0.833. The van der Waals surface area contributed by atoms with Crippen LogP contribution < -0.4 is 0 Å². The highest BCUT2D eigenvalue weighted by atomic mass is 32.2. The SMILES string of the molecule is CSc1ccc(-c2sc(-c3cccnc3)cc2CSc2nc(C)cc(C)n2)cc1. The number of thiophene rings is 1. The molecule has 6 heteroatoms. The summed E-state index contributed by atoms with van der Waals surface area (Å²) in [5.74, 6) is 0.833. The van der Waals surface area contributed by atoms with Crippen molar-refractivity contribution in [1.29, 1.82) is 0 Å². The van der Waals surface area contributed by atoms with E-state index in [0.717, 1.165) is 27.9 Å². The lowest BCUT2D eigenvalue weighted by Crippen LogP contribution is -1.93. The highest BCUT2D eigenvalue weighted by Gasteiger charge is 2.14. The van der Waals surface area contributed by atoms with Crippen LogP contribution in [-0.2, 0) is 5.75 Å². The first-order valence-corrected chi connectivity index (χ1v) is 12.3. The summed E-state index contributed by atoms with van der Waals surface area (Å²) in [6.07, 6.45) is 5.84. The molecule has 0 amide bonds. The Bertz CT molecular complexity index is 1090. The third-order valence-corrected chi connectivity index (χ3v) is 7.34. The first-order chi connectivity index (χ1) is 14.1. The fourth-order valence-electron chi connectivity index (χ4n) is 3.07. The molecule has 0 N–H and O–H groups in total. The third-order valence-electron chi connectivity index (χ3n) is 4.43. The van der Waals surface area contributed by atoms with E-state index in [9.17, 15) is 0 Å². The molecule has 0 saturated carbocycles.